The van der Waals surface area contributed by atoms with E-state index in [1.54, 1.807) is 24.3 Å². The highest BCUT2D eigenvalue weighted by Gasteiger charge is 2.33. The Morgan fingerprint density at radius 2 is 1.73 bits per heavy atom. The van der Waals surface area contributed by atoms with Gasteiger partial charge < -0.3 is 5.32 Å². The molecule has 22 heavy (non-hydrogen) atoms. The van der Waals surface area contributed by atoms with Crippen LogP contribution in [0.4, 0.5) is 0 Å². The molecule has 3 heteroatoms. The zero-order valence-corrected chi connectivity index (χ0v) is 14.5. The van der Waals surface area contributed by atoms with E-state index in [2.05, 4.69) is 46.9 Å². The summed E-state index contributed by atoms with van der Waals surface area (Å²) in [7, 11) is 0. The van der Waals surface area contributed by atoms with Crippen LogP contribution in [0, 0.1) is 10.8 Å². The first kappa shape index (κ1) is 18.1. The molecular formula is C19H27NO2. The first-order valence-electron chi connectivity index (χ1n) is 7.61. The Bertz CT molecular complexity index is 577. The summed E-state index contributed by atoms with van der Waals surface area (Å²) in [5, 5.41) is 2.85. The molecule has 0 aliphatic carbocycles. The van der Waals surface area contributed by atoms with Gasteiger partial charge in [-0.1, -0.05) is 64.5 Å². The molecule has 3 nitrogen and oxygen atoms in total. The molecule has 0 saturated heterocycles. The van der Waals surface area contributed by atoms with Gasteiger partial charge in [0.1, 0.15) is 0 Å². The predicted octanol–water partition coefficient (Wildman–Crippen LogP) is 4.25. The van der Waals surface area contributed by atoms with Crippen molar-refractivity contribution in [3.05, 3.63) is 47.0 Å². The summed E-state index contributed by atoms with van der Waals surface area (Å²) >= 11 is 0. The standard InChI is InChI=1S/C19H27NO2/c1-14(19(5,6)18(2,3)4)11-12-20-17(22)16-10-8-7-9-15(16)13-21/h7-11,13H,12H2,1-6H3,(H,20,22)/b14-11+. The van der Waals surface area contributed by atoms with Crippen molar-refractivity contribution in [2.45, 2.75) is 41.5 Å². The van der Waals surface area contributed by atoms with Gasteiger partial charge in [-0.05, 0) is 23.8 Å². The summed E-state index contributed by atoms with van der Waals surface area (Å²) < 4.78 is 0. The van der Waals surface area contributed by atoms with E-state index in [0.29, 0.717) is 24.0 Å². The Labute approximate surface area is 133 Å². The summed E-state index contributed by atoms with van der Waals surface area (Å²) in [6.07, 6.45) is 2.76. The minimum atomic E-state index is -0.222. The smallest absolute Gasteiger partial charge is 0.252 e. The molecule has 1 aromatic carbocycles. The number of allylic oxidation sites excluding steroid dienone is 1. The van der Waals surface area contributed by atoms with Crippen LogP contribution in [-0.2, 0) is 0 Å². The van der Waals surface area contributed by atoms with Crippen LogP contribution >= 0.6 is 0 Å². The molecule has 0 aliphatic rings. The van der Waals surface area contributed by atoms with E-state index in [4.69, 9.17) is 0 Å². The van der Waals surface area contributed by atoms with Crippen molar-refractivity contribution in [3.63, 3.8) is 0 Å². The van der Waals surface area contributed by atoms with Gasteiger partial charge in [-0.15, -0.1) is 0 Å². The number of carbonyl (C=O) groups excluding carboxylic acids is 2. The van der Waals surface area contributed by atoms with Crippen molar-refractivity contribution in [3.8, 4) is 0 Å². The average Bonchev–Trinajstić information content (AvgIpc) is 2.45. The third-order valence-corrected chi connectivity index (χ3v) is 4.86. The normalized spacial score (nSPS) is 12.9. The van der Waals surface area contributed by atoms with Crippen LogP contribution in [0.15, 0.2) is 35.9 Å². The second-order valence-corrected chi connectivity index (χ2v) is 7.18. The van der Waals surface area contributed by atoms with Gasteiger partial charge in [0.2, 0.25) is 0 Å². The van der Waals surface area contributed by atoms with Crippen molar-refractivity contribution in [2.24, 2.45) is 10.8 Å². The quantitative estimate of drug-likeness (QED) is 0.653. The van der Waals surface area contributed by atoms with Crippen LogP contribution in [0.2, 0.25) is 0 Å². The maximum Gasteiger partial charge on any atom is 0.252 e. The fraction of sp³-hybridized carbons (Fsp3) is 0.474. The molecular weight excluding hydrogens is 274 g/mol. The van der Waals surface area contributed by atoms with Crippen LogP contribution in [0.25, 0.3) is 0 Å². The summed E-state index contributed by atoms with van der Waals surface area (Å²) in [4.78, 5) is 23.1. The molecule has 0 atom stereocenters. The number of benzene rings is 1. The third kappa shape index (κ3) is 4.06. The third-order valence-electron chi connectivity index (χ3n) is 4.86. The topological polar surface area (TPSA) is 46.2 Å². The van der Waals surface area contributed by atoms with E-state index in [0.717, 1.165) is 0 Å². The molecule has 0 unspecified atom stereocenters. The van der Waals surface area contributed by atoms with Gasteiger partial charge in [0.05, 0.1) is 0 Å². The van der Waals surface area contributed by atoms with E-state index in [-0.39, 0.29) is 16.7 Å². The van der Waals surface area contributed by atoms with Crippen LogP contribution in [0.3, 0.4) is 0 Å². The number of hydrogen-bond acceptors (Lipinski definition) is 2. The second kappa shape index (κ2) is 6.91. The van der Waals surface area contributed by atoms with Crippen molar-refractivity contribution < 1.29 is 9.59 Å². The van der Waals surface area contributed by atoms with Crippen LogP contribution in [-0.4, -0.2) is 18.7 Å². The summed E-state index contributed by atoms with van der Waals surface area (Å²) in [6.45, 7) is 13.6. The minimum Gasteiger partial charge on any atom is -0.349 e. The van der Waals surface area contributed by atoms with Gasteiger partial charge in [0.25, 0.3) is 5.91 Å². The molecule has 1 amide bonds. The number of amides is 1. The number of hydrogen-bond donors (Lipinski definition) is 1. The van der Waals surface area contributed by atoms with E-state index >= 15 is 0 Å². The van der Waals surface area contributed by atoms with E-state index in [1.807, 2.05) is 6.08 Å². The fourth-order valence-corrected chi connectivity index (χ4v) is 2.05. The molecule has 0 bridgehead atoms. The van der Waals surface area contributed by atoms with Crippen molar-refractivity contribution in [1.82, 2.24) is 5.32 Å². The Morgan fingerprint density at radius 1 is 1.14 bits per heavy atom. The zero-order chi connectivity index (χ0) is 17.0. The van der Waals surface area contributed by atoms with Gasteiger partial charge in [0.15, 0.2) is 6.29 Å². The molecule has 1 rings (SSSR count). The lowest BCUT2D eigenvalue weighted by Gasteiger charge is -2.40. The minimum absolute atomic E-state index is 0.0401. The Kier molecular flexibility index (Phi) is 5.70. The van der Waals surface area contributed by atoms with Gasteiger partial charge in [-0.25, -0.2) is 0 Å². The first-order chi connectivity index (χ1) is 10.1. The molecule has 0 saturated carbocycles. The molecule has 0 aliphatic heterocycles. The van der Waals surface area contributed by atoms with Crippen LogP contribution in [0.5, 0.6) is 0 Å². The monoisotopic (exact) mass is 301 g/mol. The molecule has 0 aromatic heterocycles. The highest BCUT2D eigenvalue weighted by molar-refractivity contribution is 6.01. The van der Waals surface area contributed by atoms with E-state index < -0.39 is 0 Å². The first-order valence-corrected chi connectivity index (χ1v) is 7.61. The summed E-state index contributed by atoms with van der Waals surface area (Å²) in [5.74, 6) is -0.222. The Morgan fingerprint density at radius 3 is 2.27 bits per heavy atom. The summed E-state index contributed by atoms with van der Waals surface area (Å²) in [5.41, 5.74) is 2.25. The maximum absolute atomic E-state index is 12.2. The van der Waals surface area contributed by atoms with Gasteiger partial charge in [-0.2, -0.15) is 0 Å². The lowest BCUT2D eigenvalue weighted by molar-refractivity contribution is 0.0952. The molecule has 0 radical (unpaired) electrons. The molecule has 1 N–H and O–H groups in total. The second-order valence-electron chi connectivity index (χ2n) is 7.18. The van der Waals surface area contributed by atoms with E-state index in [9.17, 15) is 9.59 Å². The lowest BCUT2D eigenvalue weighted by Crippen LogP contribution is -2.32. The highest BCUT2D eigenvalue weighted by atomic mass is 16.1. The molecule has 0 spiro atoms. The SMILES string of the molecule is C/C(=C\CNC(=O)c1ccccc1C=O)C(C)(C)C(C)(C)C. The molecule has 1 aromatic rings. The van der Waals surface area contributed by atoms with Gasteiger partial charge in [0, 0.05) is 17.7 Å². The number of rotatable bonds is 5. The molecule has 0 fully saturated rings. The lowest BCUT2D eigenvalue weighted by atomic mass is 9.65. The Hall–Kier alpha value is -1.90. The Balaban J connectivity index is 2.77. The van der Waals surface area contributed by atoms with Crippen molar-refractivity contribution in [2.75, 3.05) is 6.54 Å². The average molecular weight is 301 g/mol. The van der Waals surface area contributed by atoms with Crippen LogP contribution in [0.1, 0.15) is 62.3 Å². The van der Waals surface area contributed by atoms with Crippen molar-refractivity contribution in [1.29, 1.82) is 0 Å². The van der Waals surface area contributed by atoms with Gasteiger partial charge in [-0.3, -0.25) is 9.59 Å². The molecule has 0 heterocycles. The number of carbonyl (C=O) groups is 2. The highest BCUT2D eigenvalue weighted by Crippen LogP contribution is 2.43. The number of nitrogens with one attached hydrogen (secondary N) is 1. The number of aldehydes is 1. The largest absolute Gasteiger partial charge is 0.349 e. The zero-order valence-electron chi connectivity index (χ0n) is 14.5. The van der Waals surface area contributed by atoms with E-state index in [1.165, 1.54) is 5.57 Å². The van der Waals surface area contributed by atoms with Crippen molar-refractivity contribution >= 4 is 12.2 Å². The molecule has 120 valence electrons. The predicted molar refractivity (Wildman–Crippen MR) is 91.2 cm³/mol. The maximum atomic E-state index is 12.2. The van der Waals surface area contributed by atoms with Gasteiger partial charge >= 0.3 is 0 Å². The van der Waals surface area contributed by atoms with Crippen LogP contribution < -0.4 is 5.32 Å². The fourth-order valence-electron chi connectivity index (χ4n) is 2.05. The summed E-state index contributed by atoms with van der Waals surface area (Å²) in [6, 6.07) is 6.81.